The summed E-state index contributed by atoms with van der Waals surface area (Å²) in [6, 6.07) is -1.55. The van der Waals surface area contributed by atoms with Crippen molar-refractivity contribution in [2.45, 2.75) is 6.04 Å². The van der Waals surface area contributed by atoms with Gasteiger partial charge in [0.05, 0.1) is 0 Å². The molecule has 0 aromatic rings. The first-order valence-electron chi connectivity index (χ1n) is 2.89. The maximum absolute atomic E-state index is 10.2. The first-order chi connectivity index (χ1) is 5.09. The second-order valence-electron chi connectivity index (χ2n) is 1.81. The van der Waals surface area contributed by atoms with Crippen LogP contribution in [0.15, 0.2) is 12.7 Å². The zero-order valence-electron chi connectivity index (χ0n) is 5.78. The molecule has 0 saturated heterocycles. The maximum atomic E-state index is 10.2. The third-order valence-electron chi connectivity index (χ3n) is 0.960. The monoisotopic (exact) mass is 159 g/mol. The minimum atomic E-state index is -1.55. The van der Waals surface area contributed by atoms with Gasteiger partial charge in [0.15, 0.2) is 0 Å². The fourth-order valence-corrected chi connectivity index (χ4v) is 0.481. The van der Waals surface area contributed by atoms with Crippen molar-refractivity contribution < 1.29 is 19.8 Å². The van der Waals surface area contributed by atoms with Crippen molar-refractivity contribution in [2.75, 3.05) is 6.54 Å². The molecule has 0 unspecified atom stereocenters. The molecule has 5 heteroatoms. The Morgan fingerprint density at radius 2 is 1.91 bits per heavy atom. The number of hydrogen-bond donors (Lipinski definition) is 3. The molecule has 0 aliphatic carbocycles. The first-order valence-corrected chi connectivity index (χ1v) is 2.89. The summed E-state index contributed by atoms with van der Waals surface area (Å²) in [5.74, 6) is -2.81. The van der Waals surface area contributed by atoms with Gasteiger partial charge in [0.25, 0.3) is 0 Å². The molecule has 11 heavy (non-hydrogen) atoms. The zero-order chi connectivity index (χ0) is 8.85. The van der Waals surface area contributed by atoms with Crippen molar-refractivity contribution in [3.63, 3.8) is 0 Å². The van der Waals surface area contributed by atoms with E-state index in [9.17, 15) is 9.59 Å². The van der Waals surface area contributed by atoms with Gasteiger partial charge in [0.2, 0.25) is 6.04 Å². The largest absolute Gasteiger partial charge is 0.480 e. The van der Waals surface area contributed by atoms with Gasteiger partial charge in [0, 0.05) is 6.54 Å². The Bertz CT molecular complexity index is 163. The highest BCUT2D eigenvalue weighted by Gasteiger charge is 2.23. The van der Waals surface area contributed by atoms with E-state index in [0.29, 0.717) is 0 Å². The highest BCUT2D eigenvalue weighted by molar-refractivity contribution is 5.97. The number of carboxylic acid groups (broad SMARTS) is 2. The quantitative estimate of drug-likeness (QED) is 0.364. The predicted octanol–water partition coefficient (Wildman–Crippen LogP) is -0.700. The summed E-state index contributed by atoms with van der Waals surface area (Å²) < 4.78 is 0. The van der Waals surface area contributed by atoms with Gasteiger partial charge in [-0.2, -0.15) is 0 Å². The topological polar surface area (TPSA) is 86.6 Å². The van der Waals surface area contributed by atoms with Crippen LogP contribution in [0.3, 0.4) is 0 Å². The van der Waals surface area contributed by atoms with Crippen LogP contribution < -0.4 is 5.32 Å². The van der Waals surface area contributed by atoms with Crippen LogP contribution in [0, 0.1) is 0 Å². The van der Waals surface area contributed by atoms with Gasteiger partial charge in [-0.1, -0.05) is 6.08 Å². The van der Waals surface area contributed by atoms with Crippen molar-refractivity contribution in [1.29, 1.82) is 0 Å². The molecule has 0 heterocycles. The maximum Gasteiger partial charge on any atom is 0.332 e. The van der Waals surface area contributed by atoms with Crippen molar-refractivity contribution in [1.82, 2.24) is 5.32 Å². The lowest BCUT2D eigenvalue weighted by atomic mass is 10.3. The molecule has 0 bridgehead atoms. The lowest BCUT2D eigenvalue weighted by Crippen LogP contribution is -2.43. The number of carboxylic acids is 2. The fraction of sp³-hybridized carbons (Fsp3) is 0.333. The molecule has 0 aliphatic rings. The smallest absolute Gasteiger partial charge is 0.332 e. The van der Waals surface area contributed by atoms with Gasteiger partial charge >= 0.3 is 11.9 Å². The Hall–Kier alpha value is -1.36. The normalized spacial score (nSPS) is 9.55. The van der Waals surface area contributed by atoms with Crippen LogP contribution in [0.1, 0.15) is 0 Å². The van der Waals surface area contributed by atoms with Crippen LogP contribution in [0.4, 0.5) is 0 Å². The molecule has 62 valence electrons. The van der Waals surface area contributed by atoms with E-state index in [2.05, 4.69) is 11.9 Å². The van der Waals surface area contributed by atoms with Gasteiger partial charge in [0.1, 0.15) is 0 Å². The average Bonchev–Trinajstić information content (AvgIpc) is 1.87. The number of nitrogens with one attached hydrogen (secondary N) is 1. The fourth-order valence-electron chi connectivity index (χ4n) is 0.481. The van der Waals surface area contributed by atoms with Crippen LogP contribution >= 0.6 is 0 Å². The van der Waals surface area contributed by atoms with Gasteiger partial charge < -0.3 is 10.2 Å². The third kappa shape index (κ3) is 3.36. The summed E-state index contributed by atoms with van der Waals surface area (Å²) in [5, 5.41) is 18.8. The Morgan fingerprint density at radius 1 is 1.45 bits per heavy atom. The van der Waals surface area contributed by atoms with E-state index < -0.39 is 18.0 Å². The standard InChI is InChI=1S/C6H9NO4/c1-2-3-7-4(5(8)9)6(10)11/h2,4,7H,1,3H2,(H,8,9)(H,10,11). The van der Waals surface area contributed by atoms with E-state index in [4.69, 9.17) is 10.2 Å². The first kappa shape index (κ1) is 9.64. The van der Waals surface area contributed by atoms with Crippen LogP contribution in [0.5, 0.6) is 0 Å². The summed E-state index contributed by atoms with van der Waals surface area (Å²) in [7, 11) is 0. The summed E-state index contributed by atoms with van der Waals surface area (Å²) in [5.41, 5.74) is 0. The number of rotatable bonds is 5. The summed E-state index contributed by atoms with van der Waals surface area (Å²) in [6.45, 7) is 3.46. The lowest BCUT2D eigenvalue weighted by molar-refractivity contribution is -0.150. The zero-order valence-corrected chi connectivity index (χ0v) is 5.78. The Balaban J connectivity index is 4.00. The molecule has 0 aliphatic heterocycles. The van der Waals surface area contributed by atoms with Crippen molar-refractivity contribution in [2.24, 2.45) is 0 Å². The molecule has 0 fully saturated rings. The Labute approximate surface area is 63.3 Å². The van der Waals surface area contributed by atoms with E-state index in [1.54, 1.807) is 0 Å². The molecule has 0 aromatic heterocycles. The van der Waals surface area contributed by atoms with E-state index in [0.717, 1.165) is 0 Å². The average molecular weight is 159 g/mol. The molecule has 0 rings (SSSR count). The highest BCUT2D eigenvalue weighted by Crippen LogP contribution is 1.83. The highest BCUT2D eigenvalue weighted by atomic mass is 16.4. The molecule has 0 aromatic carbocycles. The molecule has 5 nitrogen and oxygen atoms in total. The van der Waals surface area contributed by atoms with E-state index in [1.165, 1.54) is 6.08 Å². The second kappa shape index (κ2) is 4.45. The van der Waals surface area contributed by atoms with Crippen molar-refractivity contribution in [3.05, 3.63) is 12.7 Å². The second-order valence-corrected chi connectivity index (χ2v) is 1.81. The number of carbonyl (C=O) groups is 2. The number of aliphatic carboxylic acids is 2. The molecule has 0 amide bonds. The van der Waals surface area contributed by atoms with Crippen LogP contribution in [-0.2, 0) is 9.59 Å². The molecular weight excluding hydrogens is 150 g/mol. The van der Waals surface area contributed by atoms with E-state index in [-0.39, 0.29) is 6.54 Å². The van der Waals surface area contributed by atoms with Crippen LogP contribution in [-0.4, -0.2) is 34.7 Å². The molecule has 3 N–H and O–H groups in total. The predicted molar refractivity (Wildman–Crippen MR) is 37.3 cm³/mol. The third-order valence-corrected chi connectivity index (χ3v) is 0.960. The van der Waals surface area contributed by atoms with Crippen LogP contribution in [0.2, 0.25) is 0 Å². The molecule has 0 atom stereocenters. The van der Waals surface area contributed by atoms with E-state index >= 15 is 0 Å². The summed E-state index contributed by atoms with van der Waals surface area (Å²) in [6.07, 6.45) is 1.39. The summed E-state index contributed by atoms with van der Waals surface area (Å²) >= 11 is 0. The molecule has 0 saturated carbocycles. The Morgan fingerprint density at radius 3 is 2.18 bits per heavy atom. The minimum Gasteiger partial charge on any atom is -0.480 e. The van der Waals surface area contributed by atoms with E-state index in [1.807, 2.05) is 0 Å². The van der Waals surface area contributed by atoms with Crippen molar-refractivity contribution >= 4 is 11.9 Å². The number of hydrogen-bond acceptors (Lipinski definition) is 3. The van der Waals surface area contributed by atoms with Crippen molar-refractivity contribution in [3.8, 4) is 0 Å². The molecule has 0 radical (unpaired) electrons. The molecule has 0 spiro atoms. The van der Waals surface area contributed by atoms with Gasteiger partial charge in [-0.05, 0) is 0 Å². The van der Waals surface area contributed by atoms with Gasteiger partial charge in [-0.25, -0.2) is 9.59 Å². The van der Waals surface area contributed by atoms with Gasteiger partial charge in [-0.3, -0.25) is 5.32 Å². The van der Waals surface area contributed by atoms with Gasteiger partial charge in [-0.15, -0.1) is 6.58 Å². The summed E-state index contributed by atoms with van der Waals surface area (Å²) in [4.78, 5) is 20.3. The molecular formula is C6H9NO4. The minimum absolute atomic E-state index is 0.156. The van der Waals surface area contributed by atoms with Crippen LogP contribution in [0.25, 0.3) is 0 Å². The Kier molecular flexibility index (Phi) is 3.90. The SMILES string of the molecule is C=CCNC(C(=O)O)C(=O)O. The lowest BCUT2D eigenvalue weighted by Gasteiger charge is -2.06.